The Morgan fingerprint density at radius 2 is 2.12 bits per heavy atom. The van der Waals surface area contributed by atoms with Gasteiger partial charge in [-0.25, -0.2) is 4.98 Å². The monoisotopic (exact) mass is 359 g/mol. The minimum atomic E-state index is -0.0221. The maximum atomic E-state index is 11.7. The van der Waals surface area contributed by atoms with Gasteiger partial charge in [0.25, 0.3) is 0 Å². The van der Waals surface area contributed by atoms with Crippen LogP contribution in [0.15, 0.2) is 24.8 Å². The van der Waals surface area contributed by atoms with Gasteiger partial charge >= 0.3 is 0 Å². The lowest BCUT2D eigenvalue weighted by molar-refractivity contribution is -0.125. The summed E-state index contributed by atoms with van der Waals surface area (Å²) in [5.74, 6) is 1.26. The van der Waals surface area contributed by atoms with E-state index in [0.717, 1.165) is 44.0 Å². The highest BCUT2D eigenvalue weighted by atomic mass is 16.5. The average molecular weight is 359 g/mol. The van der Waals surface area contributed by atoms with Gasteiger partial charge in [-0.3, -0.25) is 9.69 Å². The number of carbonyl (C=O) groups is 1. The van der Waals surface area contributed by atoms with Gasteiger partial charge in [0.1, 0.15) is 11.6 Å². The lowest BCUT2D eigenvalue weighted by atomic mass is 10.1. The summed E-state index contributed by atoms with van der Waals surface area (Å²) < 4.78 is 5.80. The number of rotatable bonds is 5. The Bertz CT molecular complexity index is 655. The van der Waals surface area contributed by atoms with Crippen LogP contribution in [0, 0.1) is 0 Å². The van der Waals surface area contributed by atoms with Crippen LogP contribution in [0.1, 0.15) is 25.8 Å². The Kier molecular flexibility index (Phi) is 5.78. The number of anilines is 2. The van der Waals surface area contributed by atoms with Gasteiger partial charge < -0.3 is 20.7 Å². The van der Waals surface area contributed by atoms with Crippen LogP contribution in [0.4, 0.5) is 11.6 Å². The number of carbonyl (C=O) groups excluding carboxylic acids is 1. The number of aromatic nitrogens is 1. The number of pyridine rings is 1. The number of morpholine rings is 1. The first-order chi connectivity index (χ1) is 12.4. The summed E-state index contributed by atoms with van der Waals surface area (Å²) in [6.07, 6.45) is 2.73. The highest BCUT2D eigenvalue weighted by Gasteiger charge is 2.25. The van der Waals surface area contributed by atoms with E-state index in [0.29, 0.717) is 12.4 Å². The van der Waals surface area contributed by atoms with Crippen molar-refractivity contribution in [2.75, 3.05) is 37.2 Å². The highest BCUT2D eigenvalue weighted by Crippen LogP contribution is 2.20. The van der Waals surface area contributed by atoms with E-state index < -0.39 is 0 Å². The molecule has 1 aromatic heterocycles. The number of ether oxygens (including phenoxy) is 1. The van der Waals surface area contributed by atoms with E-state index in [-0.39, 0.29) is 24.2 Å². The Labute approximate surface area is 155 Å². The molecule has 2 saturated heterocycles. The van der Waals surface area contributed by atoms with Gasteiger partial charge in [0.05, 0.1) is 12.2 Å². The second-order valence-electron chi connectivity index (χ2n) is 7.36. The van der Waals surface area contributed by atoms with Crippen molar-refractivity contribution in [2.24, 2.45) is 0 Å². The number of likely N-dealkylation sites (tertiary alicyclic amines) is 1. The first-order valence-corrected chi connectivity index (χ1v) is 9.25. The van der Waals surface area contributed by atoms with Gasteiger partial charge in [0.15, 0.2) is 0 Å². The molecule has 3 atom stereocenters. The van der Waals surface area contributed by atoms with Crippen molar-refractivity contribution in [2.45, 2.75) is 45.1 Å². The van der Waals surface area contributed by atoms with E-state index in [1.54, 1.807) is 4.90 Å². The molecule has 3 N–H and O–H groups in total. The van der Waals surface area contributed by atoms with E-state index in [9.17, 15) is 4.79 Å². The topological polar surface area (TPSA) is 83.7 Å². The van der Waals surface area contributed by atoms with Crippen LogP contribution in [-0.2, 0) is 16.1 Å². The van der Waals surface area contributed by atoms with Gasteiger partial charge in [-0.05, 0) is 44.0 Å². The fourth-order valence-electron chi connectivity index (χ4n) is 3.86. The second kappa shape index (κ2) is 8.05. The number of nitrogens with zero attached hydrogens (tertiary/aromatic N) is 3. The molecule has 1 aromatic rings. The maximum absolute atomic E-state index is 11.7. The Morgan fingerprint density at radius 1 is 1.38 bits per heavy atom. The molecule has 7 heteroatoms. The number of hydrogen-bond donors (Lipinski definition) is 2. The van der Waals surface area contributed by atoms with E-state index in [1.165, 1.54) is 6.08 Å². The summed E-state index contributed by atoms with van der Waals surface area (Å²) in [4.78, 5) is 20.3. The second-order valence-corrected chi connectivity index (χ2v) is 7.36. The SMILES string of the molecule is C=CC(=O)N1CC[C@H](Nc2cc(CN3C[C@@H](C)O[C@@H](C)C3)cc(N)n2)C1. The van der Waals surface area contributed by atoms with Crippen molar-refractivity contribution in [1.82, 2.24) is 14.8 Å². The molecule has 0 spiro atoms. The third kappa shape index (κ3) is 4.74. The van der Waals surface area contributed by atoms with Crippen LogP contribution >= 0.6 is 0 Å². The molecule has 1 amide bonds. The number of nitrogen functional groups attached to an aromatic ring is 1. The van der Waals surface area contributed by atoms with Gasteiger partial charge in [0.2, 0.25) is 5.91 Å². The molecular formula is C19H29N5O2. The Balaban J connectivity index is 1.63. The lowest BCUT2D eigenvalue weighted by Gasteiger charge is -2.35. The Hall–Kier alpha value is -2.12. The van der Waals surface area contributed by atoms with Crippen molar-refractivity contribution >= 4 is 17.5 Å². The zero-order chi connectivity index (χ0) is 18.7. The first kappa shape index (κ1) is 18.7. The molecule has 3 heterocycles. The fraction of sp³-hybridized carbons (Fsp3) is 0.579. The van der Waals surface area contributed by atoms with Crippen LogP contribution in [-0.4, -0.2) is 65.1 Å². The molecular weight excluding hydrogens is 330 g/mol. The predicted octanol–water partition coefficient (Wildman–Crippen LogP) is 1.47. The summed E-state index contributed by atoms with van der Waals surface area (Å²) in [7, 11) is 0. The molecule has 0 unspecified atom stereocenters. The third-order valence-corrected chi connectivity index (χ3v) is 4.83. The van der Waals surface area contributed by atoms with Crippen LogP contribution in [0.3, 0.4) is 0 Å². The van der Waals surface area contributed by atoms with Crippen LogP contribution in [0.2, 0.25) is 0 Å². The van der Waals surface area contributed by atoms with E-state index in [1.807, 2.05) is 6.07 Å². The summed E-state index contributed by atoms with van der Waals surface area (Å²) in [5, 5.41) is 3.42. The molecule has 0 aromatic carbocycles. The number of nitrogens with two attached hydrogens (primary N) is 1. The average Bonchev–Trinajstić information content (AvgIpc) is 3.01. The van der Waals surface area contributed by atoms with Gasteiger partial charge in [-0.1, -0.05) is 6.58 Å². The van der Waals surface area contributed by atoms with Crippen molar-refractivity contribution in [3.8, 4) is 0 Å². The smallest absolute Gasteiger partial charge is 0.246 e. The van der Waals surface area contributed by atoms with E-state index in [4.69, 9.17) is 10.5 Å². The molecule has 26 heavy (non-hydrogen) atoms. The number of nitrogens with one attached hydrogen (secondary N) is 1. The highest BCUT2D eigenvalue weighted by molar-refractivity contribution is 5.87. The standard InChI is InChI=1S/C19H29N5O2/c1-4-19(25)24-6-5-16(12-24)21-18-8-15(7-17(20)22-18)11-23-9-13(2)26-14(3)10-23/h4,7-8,13-14,16H,1,5-6,9-12H2,2-3H3,(H3,20,21,22)/t13-,14+,16-/m0/s1. The largest absolute Gasteiger partial charge is 0.384 e. The molecule has 2 fully saturated rings. The van der Waals surface area contributed by atoms with Crippen molar-refractivity contribution in [1.29, 1.82) is 0 Å². The van der Waals surface area contributed by atoms with Crippen molar-refractivity contribution < 1.29 is 9.53 Å². The maximum Gasteiger partial charge on any atom is 0.246 e. The normalized spacial score (nSPS) is 26.7. The zero-order valence-electron chi connectivity index (χ0n) is 15.6. The van der Waals surface area contributed by atoms with Crippen molar-refractivity contribution in [3.05, 3.63) is 30.4 Å². The molecule has 7 nitrogen and oxygen atoms in total. The molecule has 2 aliphatic heterocycles. The van der Waals surface area contributed by atoms with Crippen LogP contribution in [0.5, 0.6) is 0 Å². The summed E-state index contributed by atoms with van der Waals surface area (Å²) >= 11 is 0. The minimum absolute atomic E-state index is 0.0221. The van der Waals surface area contributed by atoms with Gasteiger partial charge in [-0.2, -0.15) is 0 Å². The lowest BCUT2D eigenvalue weighted by Crippen LogP contribution is -2.44. The fourth-order valence-corrected chi connectivity index (χ4v) is 3.86. The van der Waals surface area contributed by atoms with Gasteiger partial charge in [0, 0.05) is 38.8 Å². The minimum Gasteiger partial charge on any atom is -0.384 e. The molecule has 2 aliphatic rings. The molecule has 3 rings (SSSR count). The summed E-state index contributed by atoms with van der Waals surface area (Å²) in [5.41, 5.74) is 7.16. The van der Waals surface area contributed by atoms with Gasteiger partial charge in [-0.15, -0.1) is 0 Å². The zero-order valence-corrected chi connectivity index (χ0v) is 15.6. The molecule has 0 radical (unpaired) electrons. The Morgan fingerprint density at radius 3 is 2.81 bits per heavy atom. The number of amides is 1. The third-order valence-electron chi connectivity index (χ3n) is 4.83. The van der Waals surface area contributed by atoms with Crippen LogP contribution < -0.4 is 11.1 Å². The predicted molar refractivity (Wildman–Crippen MR) is 103 cm³/mol. The van der Waals surface area contributed by atoms with Crippen LogP contribution in [0.25, 0.3) is 0 Å². The summed E-state index contributed by atoms with van der Waals surface area (Å²) in [6, 6.07) is 4.17. The molecule has 0 bridgehead atoms. The molecule has 142 valence electrons. The molecule has 0 saturated carbocycles. The number of hydrogen-bond acceptors (Lipinski definition) is 6. The summed E-state index contributed by atoms with van der Waals surface area (Å²) in [6.45, 7) is 11.8. The molecule has 0 aliphatic carbocycles. The van der Waals surface area contributed by atoms with E-state index in [2.05, 4.69) is 41.7 Å². The van der Waals surface area contributed by atoms with E-state index >= 15 is 0 Å². The quantitative estimate of drug-likeness (QED) is 0.775. The van der Waals surface area contributed by atoms with Crippen molar-refractivity contribution in [3.63, 3.8) is 0 Å². The first-order valence-electron chi connectivity index (χ1n) is 9.25.